The van der Waals surface area contributed by atoms with Gasteiger partial charge in [-0.15, -0.1) is 11.3 Å². The first-order valence-corrected chi connectivity index (χ1v) is 10.8. The fraction of sp³-hybridized carbons (Fsp3) is 0.188. The Bertz CT molecular complexity index is 1010. The third kappa shape index (κ3) is 3.53. The molecule has 1 N–H and O–H groups in total. The number of nitrogens with zero attached hydrogens (tertiary/aromatic N) is 1. The minimum Gasteiger partial charge on any atom is -0.454 e. The lowest BCUT2D eigenvalue weighted by Gasteiger charge is -2.09. The van der Waals surface area contributed by atoms with Gasteiger partial charge in [-0.25, -0.2) is 13.4 Å². The Morgan fingerprint density at radius 3 is 2.80 bits per heavy atom. The van der Waals surface area contributed by atoms with Gasteiger partial charge in [0.2, 0.25) is 16.8 Å². The van der Waals surface area contributed by atoms with Gasteiger partial charge in [0.1, 0.15) is 5.08 Å². The summed E-state index contributed by atoms with van der Waals surface area (Å²) in [4.78, 5) is 4.47. The summed E-state index contributed by atoms with van der Waals surface area (Å²) in [6.45, 7) is 2.08. The zero-order valence-corrected chi connectivity index (χ0v) is 15.6. The topological polar surface area (TPSA) is 77.5 Å². The standard InChI is InChI=1S/C16H14N2O4S3/c1-10-4-2-3-5-11(10)18-25(19,20)9-23-16-17-12-6-13-14(22-8-21-13)7-15(12)24-16/h2-7,18H,8-9H2,1H3. The Labute approximate surface area is 153 Å². The van der Waals surface area contributed by atoms with E-state index in [9.17, 15) is 8.42 Å². The molecule has 0 saturated heterocycles. The minimum atomic E-state index is -3.47. The van der Waals surface area contributed by atoms with Crippen LogP contribution in [0.2, 0.25) is 0 Å². The number of fused-ring (bicyclic) bond motifs is 2. The molecule has 0 spiro atoms. The van der Waals surface area contributed by atoms with Crippen molar-refractivity contribution >= 4 is 49.0 Å². The second-order valence-electron chi connectivity index (χ2n) is 5.45. The minimum absolute atomic E-state index is 0.103. The summed E-state index contributed by atoms with van der Waals surface area (Å²) in [5.41, 5.74) is 2.25. The zero-order chi connectivity index (χ0) is 17.4. The van der Waals surface area contributed by atoms with Crippen LogP contribution in [0.15, 0.2) is 40.7 Å². The lowest BCUT2D eigenvalue weighted by Crippen LogP contribution is -2.15. The Kier molecular flexibility index (Phi) is 4.22. The van der Waals surface area contributed by atoms with E-state index in [0.29, 0.717) is 21.5 Å². The van der Waals surface area contributed by atoms with Gasteiger partial charge in [-0.2, -0.15) is 0 Å². The second kappa shape index (κ2) is 6.40. The number of thiazole rings is 1. The molecule has 0 fully saturated rings. The molecular weight excluding hydrogens is 380 g/mol. The van der Waals surface area contributed by atoms with Gasteiger partial charge in [-0.05, 0) is 18.6 Å². The third-order valence-corrected chi connectivity index (χ3v) is 7.61. The summed E-state index contributed by atoms with van der Waals surface area (Å²) < 4.78 is 39.6. The predicted octanol–water partition coefficient (Wildman–Crippen LogP) is 3.82. The molecule has 2 aromatic carbocycles. The normalized spacial score (nSPS) is 13.3. The van der Waals surface area contributed by atoms with Crippen LogP contribution in [0.1, 0.15) is 5.56 Å². The summed E-state index contributed by atoms with van der Waals surface area (Å²) in [6.07, 6.45) is 0. The number of nitrogens with one attached hydrogen (secondary N) is 1. The number of ether oxygens (including phenoxy) is 2. The second-order valence-corrected chi connectivity index (χ2v) is 9.79. The van der Waals surface area contributed by atoms with Gasteiger partial charge in [0.05, 0.1) is 15.9 Å². The van der Waals surface area contributed by atoms with E-state index < -0.39 is 10.0 Å². The van der Waals surface area contributed by atoms with E-state index in [1.54, 1.807) is 12.1 Å². The summed E-state index contributed by atoms with van der Waals surface area (Å²) in [5.74, 6) is 1.37. The van der Waals surface area contributed by atoms with Gasteiger partial charge >= 0.3 is 0 Å². The van der Waals surface area contributed by atoms with Crippen molar-refractivity contribution in [3.05, 3.63) is 42.0 Å². The fourth-order valence-corrected chi connectivity index (χ4v) is 6.00. The Hall–Kier alpha value is -1.97. The summed E-state index contributed by atoms with van der Waals surface area (Å²) in [7, 11) is -3.47. The van der Waals surface area contributed by atoms with Crippen molar-refractivity contribution in [3.8, 4) is 11.5 Å². The van der Waals surface area contributed by atoms with Gasteiger partial charge in [-0.3, -0.25) is 4.72 Å². The molecule has 4 rings (SSSR count). The van der Waals surface area contributed by atoms with E-state index in [1.165, 1.54) is 23.1 Å². The molecule has 130 valence electrons. The van der Waals surface area contributed by atoms with Crippen LogP contribution in [0.25, 0.3) is 10.2 Å². The number of aryl methyl sites for hydroxylation is 1. The van der Waals surface area contributed by atoms with Gasteiger partial charge in [0.15, 0.2) is 15.8 Å². The molecule has 0 aliphatic carbocycles. The highest BCUT2D eigenvalue weighted by Crippen LogP contribution is 2.39. The van der Waals surface area contributed by atoms with Crippen molar-refractivity contribution < 1.29 is 17.9 Å². The van der Waals surface area contributed by atoms with Crippen molar-refractivity contribution in [2.75, 3.05) is 16.6 Å². The van der Waals surface area contributed by atoms with Crippen LogP contribution in [0.5, 0.6) is 11.5 Å². The molecule has 0 radical (unpaired) electrons. The van der Waals surface area contributed by atoms with Crippen molar-refractivity contribution in [3.63, 3.8) is 0 Å². The molecule has 25 heavy (non-hydrogen) atoms. The smallest absolute Gasteiger partial charge is 0.242 e. The van der Waals surface area contributed by atoms with Crippen LogP contribution in [0.4, 0.5) is 5.69 Å². The number of rotatable bonds is 5. The number of benzene rings is 2. The Balaban J connectivity index is 1.49. The third-order valence-electron chi connectivity index (χ3n) is 3.61. The first kappa shape index (κ1) is 16.5. The van der Waals surface area contributed by atoms with Crippen LogP contribution < -0.4 is 14.2 Å². The monoisotopic (exact) mass is 394 g/mol. The highest BCUT2D eigenvalue weighted by atomic mass is 32.3. The fourth-order valence-electron chi connectivity index (χ4n) is 2.37. The van der Waals surface area contributed by atoms with E-state index in [2.05, 4.69) is 9.71 Å². The van der Waals surface area contributed by atoms with E-state index in [1.807, 2.05) is 31.2 Å². The zero-order valence-electron chi connectivity index (χ0n) is 13.2. The number of sulfonamides is 1. The van der Waals surface area contributed by atoms with Gasteiger partial charge in [-0.1, -0.05) is 30.0 Å². The maximum absolute atomic E-state index is 12.3. The maximum atomic E-state index is 12.3. The molecule has 9 heteroatoms. The summed E-state index contributed by atoms with van der Waals surface area (Å²) in [6, 6.07) is 11.0. The molecule has 0 atom stereocenters. The van der Waals surface area contributed by atoms with E-state index >= 15 is 0 Å². The number of thioether (sulfide) groups is 1. The van der Waals surface area contributed by atoms with E-state index in [4.69, 9.17) is 9.47 Å². The number of aromatic nitrogens is 1. The molecule has 2 heterocycles. The summed E-state index contributed by atoms with van der Waals surface area (Å²) >= 11 is 2.63. The maximum Gasteiger partial charge on any atom is 0.242 e. The van der Waals surface area contributed by atoms with Crippen LogP contribution in [-0.4, -0.2) is 25.3 Å². The highest BCUT2D eigenvalue weighted by Gasteiger charge is 2.18. The first-order chi connectivity index (χ1) is 12.0. The largest absolute Gasteiger partial charge is 0.454 e. The number of anilines is 1. The van der Waals surface area contributed by atoms with Crippen LogP contribution in [-0.2, 0) is 10.0 Å². The molecule has 1 aromatic heterocycles. The van der Waals surface area contributed by atoms with Crippen molar-refractivity contribution in [1.82, 2.24) is 4.98 Å². The molecule has 0 bridgehead atoms. The molecule has 6 nitrogen and oxygen atoms in total. The van der Waals surface area contributed by atoms with Crippen LogP contribution in [0.3, 0.4) is 0 Å². The summed E-state index contributed by atoms with van der Waals surface area (Å²) in [5, 5.41) is -0.103. The molecule has 1 aliphatic heterocycles. The van der Waals surface area contributed by atoms with E-state index in [0.717, 1.165) is 15.8 Å². The quantitative estimate of drug-likeness (QED) is 0.663. The first-order valence-electron chi connectivity index (χ1n) is 7.39. The molecule has 0 amide bonds. The Morgan fingerprint density at radius 1 is 1.24 bits per heavy atom. The average Bonchev–Trinajstić information content (AvgIpc) is 3.18. The molecule has 0 unspecified atom stereocenters. The average molecular weight is 394 g/mol. The van der Waals surface area contributed by atoms with Crippen LogP contribution in [0, 0.1) is 6.92 Å². The lowest BCUT2D eigenvalue weighted by atomic mass is 10.2. The lowest BCUT2D eigenvalue weighted by molar-refractivity contribution is 0.174. The molecule has 0 saturated carbocycles. The molecule has 1 aliphatic rings. The van der Waals surface area contributed by atoms with Crippen molar-refractivity contribution in [2.24, 2.45) is 0 Å². The van der Waals surface area contributed by atoms with Crippen molar-refractivity contribution in [1.29, 1.82) is 0 Å². The van der Waals surface area contributed by atoms with Crippen molar-refractivity contribution in [2.45, 2.75) is 11.3 Å². The van der Waals surface area contributed by atoms with Crippen LogP contribution >= 0.6 is 23.1 Å². The number of hydrogen-bond acceptors (Lipinski definition) is 7. The number of hydrogen-bond donors (Lipinski definition) is 1. The van der Waals surface area contributed by atoms with E-state index in [-0.39, 0.29) is 11.9 Å². The Morgan fingerprint density at radius 2 is 2.00 bits per heavy atom. The SMILES string of the molecule is Cc1ccccc1NS(=O)(=O)CSc1nc2cc3c(cc2s1)OCO3. The predicted molar refractivity (Wildman–Crippen MR) is 100 cm³/mol. The van der Waals surface area contributed by atoms with Gasteiger partial charge in [0.25, 0.3) is 0 Å². The molecule has 3 aromatic rings. The van der Waals surface area contributed by atoms with Gasteiger partial charge < -0.3 is 9.47 Å². The number of para-hydroxylation sites is 1. The molecular formula is C16H14N2O4S3. The van der Waals surface area contributed by atoms with Gasteiger partial charge in [0, 0.05) is 12.1 Å². The highest BCUT2D eigenvalue weighted by molar-refractivity contribution is 8.13.